The number of halogens is 1. The largest absolute Gasteiger partial charge is 0.452 e. The molecule has 0 spiro atoms. The van der Waals surface area contributed by atoms with Crippen molar-refractivity contribution < 1.29 is 13.9 Å². The van der Waals surface area contributed by atoms with Crippen LogP contribution in [0.5, 0.6) is 0 Å². The van der Waals surface area contributed by atoms with E-state index in [0.29, 0.717) is 24.4 Å². The van der Waals surface area contributed by atoms with Crippen molar-refractivity contribution in [1.29, 1.82) is 0 Å². The number of morpholine rings is 1. The second-order valence-corrected chi connectivity index (χ2v) is 4.76. The van der Waals surface area contributed by atoms with Crippen LogP contribution < -0.4 is 5.32 Å². The number of hydrogen-bond acceptors (Lipinski definition) is 4. The summed E-state index contributed by atoms with van der Waals surface area (Å²) in [5, 5.41) is 3.13. The van der Waals surface area contributed by atoms with Crippen LogP contribution in [0, 0.1) is 0 Å². The molecule has 6 heteroatoms. The van der Waals surface area contributed by atoms with Crippen molar-refractivity contribution in [1.82, 2.24) is 10.2 Å². The van der Waals surface area contributed by atoms with Gasteiger partial charge < -0.3 is 19.4 Å². The van der Waals surface area contributed by atoms with Gasteiger partial charge in [0, 0.05) is 13.6 Å². The minimum Gasteiger partial charge on any atom is -0.452 e. The van der Waals surface area contributed by atoms with E-state index < -0.39 is 0 Å². The highest BCUT2D eigenvalue weighted by atomic mass is 79.9. The van der Waals surface area contributed by atoms with Gasteiger partial charge in [0.25, 0.3) is 0 Å². The molecule has 17 heavy (non-hydrogen) atoms. The van der Waals surface area contributed by atoms with Crippen molar-refractivity contribution in [3.8, 4) is 0 Å². The van der Waals surface area contributed by atoms with Gasteiger partial charge in [-0.05, 0) is 28.1 Å². The smallest absolute Gasteiger partial charge is 0.242 e. The second kappa shape index (κ2) is 5.66. The van der Waals surface area contributed by atoms with Crippen LogP contribution in [0.25, 0.3) is 0 Å². The number of hydrogen-bond donors (Lipinski definition) is 1. The van der Waals surface area contributed by atoms with Crippen molar-refractivity contribution in [3.05, 3.63) is 22.6 Å². The number of likely N-dealkylation sites (N-methyl/N-ethyl adjacent to an activating group) is 1. The molecular formula is C11H15BrN2O3. The lowest BCUT2D eigenvalue weighted by Gasteiger charge is -2.27. The zero-order valence-electron chi connectivity index (χ0n) is 9.61. The summed E-state index contributed by atoms with van der Waals surface area (Å²) in [7, 11) is 1.76. The molecule has 1 aromatic rings. The molecule has 0 aromatic carbocycles. The molecule has 1 unspecified atom stereocenters. The molecule has 1 saturated heterocycles. The first-order valence-electron chi connectivity index (χ1n) is 5.47. The van der Waals surface area contributed by atoms with Crippen LogP contribution >= 0.6 is 15.9 Å². The van der Waals surface area contributed by atoms with Crippen LogP contribution in [0.3, 0.4) is 0 Å². The van der Waals surface area contributed by atoms with E-state index in [9.17, 15) is 4.79 Å². The number of nitrogens with zero attached hydrogens (tertiary/aromatic N) is 1. The van der Waals surface area contributed by atoms with Gasteiger partial charge in [0.2, 0.25) is 5.91 Å². The maximum Gasteiger partial charge on any atom is 0.242 e. The highest BCUT2D eigenvalue weighted by Crippen LogP contribution is 2.15. The fourth-order valence-corrected chi connectivity index (χ4v) is 2.08. The fourth-order valence-electron chi connectivity index (χ4n) is 1.74. The number of furan rings is 1. The molecule has 2 heterocycles. The van der Waals surface area contributed by atoms with Gasteiger partial charge in [-0.2, -0.15) is 0 Å². The van der Waals surface area contributed by atoms with Gasteiger partial charge in [-0.1, -0.05) is 0 Å². The molecule has 5 nitrogen and oxygen atoms in total. The zero-order chi connectivity index (χ0) is 12.3. The first-order valence-corrected chi connectivity index (χ1v) is 6.26. The number of carbonyl (C=O) groups excluding carboxylic acids is 1. The molecule has 2 rings (SSSR count). The van der Waals surface area contributed by atoms with Gasteiger partial charge in [-0.3, -0.25) is 4.79 Å². The number of ether oxygens (including phenoxy) is 1. The molecule has 1 aliphatic heterocycles. The van der Waals surface area contributed by atoms with Crippen LogP contribution in [-0.4, -0.2) is 43.7 Å². The quantitative estimate of drug-likeness (QED) is 0.905. The number of nitrogens with one attached hydrogen (secondary N) is 1. The van der Waals surface area contributed by atoms with Gasteiger partial charge in [0.1, 0.15) is 11.8 Å². The molecule has 1 atom stereocenters. The molecule has 0 aliphatic carbocycles. The monoisotopic (exact) mass is 302 g/mol. The minimum absolute atomic E-state index is 0.0252. The summed E-state index contributed by atoms with van der Waals surface area (Å²) >= 11 is 3.23. The van der Waals surface area contributed by atoms with Gasteiger partial charge >= 0.3 is 0 Å². The predicted molar refractivity (Wildman–Crippen MR) is 65.5 cm³/mol. The number of carbonyl (C=O) groups is 1. The lowest BCUT2D eigenvalue weighted by molar-refractivity contribution is -0.135. The topological polar surface area (TPSA) is 54.7 Å². The maximum atomic E-state index is 12.0. The molecule has 0 radical (unpaired) electrons. The summed E-state index contributed by atoms with van der Waals surface area (Å²) in [4.78, 5) is 13.7. The molecule has 0 bridgehead atoms. The highest BCUT2D eigenvalue weighted by molar-refractivity contribution is 9.10. The van der Waals surface area contributed by atoms with Crippen molar-refractivity contribution in [3.63, 3.8) is 0 Å². The van der Waals surface area contributed by atoms with Gasteiger partial charge in [-0.25, -0.2) is 0 Å². The number of amides is 1. The normalized spacial score (nSPS) is 20.2. The van der Waals surface area contributed by atoms with E-state index in [2.05, 4.69) is 21.2 Å². The summed E-state index contributed by atoms with van der Waals surface area (Å²) < 4.78 is 11.3. The predicted octanol–water partition coefficient (Wildman–Crippen LogP) is 0.989. The fraction of sp³-hybridized carbons (Fsp3) is 0.545. The Kier molecular flexibility index (Phi) is 4.20. The van der Waals surface area contributed by atoms with Crippen LogP contribution in [0.2, 0.25) is 0 Å². The first kappa shape index (κ1) is 12.6. The third-order valence-corrected chi connectivity index (χ3v) is 3.04. The Morgan fingerprint density at radius 1 is 1.65 bits per heavy atom. The summed E-state index contributed by atoms with van der Waals surface area (Å²) in [5.74, 6) is 0.779. The van der Waals surface area contributed by atoms with E-state index in [-0.39, 0.29) is 11.9 Å². The molecule has 1 fully saturated rings. The molecule has 1 amide bonds. The van der Waals surface area contributed by atoms with Crippen molar-refractivity contribution in [2.75, 3.05) is 26.8 Å². The highest BCUT2D eigenvalue weighted by Gasteiger charge is 2.24. The Bertz CT molecular complexity index is 388. The Hall–Kier alpha value is -0.850. The van der Waals surface area contributed by atoms with E-state index >= 15 is 0 Å². The lowest BCUT2D eigenvalue weighted by Crippen LogP contribution is -2.51. The maximum absolute atomic E-state index is 12.0. The van der Waals surface area contributed by atoms with Crippen molar-refractivity contribution >= 4 is 21.8 Å². The Morgan fingerprint density at radius 3 is 3.06 bits per heavy atom. The minimum atomic E-state index is -0.243. The van der Waals surface area contributed by atoms with Crippen LogP contribution in [0.1, 0.15) is 5.76 Å². The average Bonchev–Trinajstić information content (AvgIpc) is 2.75. The van der Waals surface area contributed by atoms with Crippen molar-refractivity contribution in [2.24, 2.45) is 0 Å². The average molecular weight is 303 g/mol. The zero-order valence-corrected chi connectivity index (χ0v) is 11.2. The van der Waals surface area contributed by atoms with E-state index in [1.54, 1.807) is 11.9 Å². The van der Waals surface area contributed by atoms with Crippen molar-refractivity contribution in [2.45, 2.75) is 12.6 Å². The summed E-state index contributed by atoms with van der Waals surface area (Å²) in [6, 6.07) is 3.42. The van der Waals surface area contributed by atoms with Gasteiger partial charge in [-0.15, -0.1) is 0 Å². The molecule has 1 aromatic heterocycles. The van der Waals surface area contributed by atoms with Crippen LogP contribution in [0.4, 0.5) is 0 Å². The van der Waals surface area contributed by atoms with Gasteiger partial charge in [0.15, 0.2) is 4.67 Å². The third kappa shape index (κ3) is 3.31. The van der Waals surface area contributed by atoms with E-state index in [1.807, 2.05) is 12.1 Å². The van der Waals surface area contributed by atoms with Gasteiger partial charge in [0.05, 0.1) is 19.8 Å². The van der Waals surface area contributed by atoms with E-state index in [0.717, 1.165) is 12.3 Å². The first-order chi connectivity index (χ1) is 8.16. The Labute approximate surface area is 108 Å². The molecule has 1 N–H and O–H groups in total. The lowest BCUT2D eigenvalue weighted by atomic mass is 10.2. The van der Waals surface area contributed by atoms with E-state index in [1.165, 1.54) is 0 Å². The SMILES string of the molecule is CN(Cc1ccc(Br)o1)C(=O)C1COCCN1. The molecular weight excluding hydrogens is 288 g/mol. The Morgan fingerprint density at radius 2 is 2.47 bits per heavy atom. The van der Waals surface area contributed by atoms with Crippen LogP contribution in [-0.2, 0) is 16.1 Å². The standard InChI is InChI=1S/C11H15BrN2O3/c1-14(6-8-2-3-10(12)17-8)11(15)9-7-16-5-4-13-9/h2-3,9,13H,4-7H2,1H3. The Balaban J connectivity index is 1.90. The second-order valence-electron chi connectivity index (χ2n) is 3.98. The summed E-state index contributed by atoms with van der Waals surface area (Å²) in [6.45, 7) is 2.28. The summed E-state index contributed by atoms with van der Waals surface area (Å²) in [5.41, 5.74) is 0. The molecule has 0 saturated carbocycles. The third-order valence-electron chi connectivity index (χ3n) is 2.62. The number of rotatable bonds is 3. The van der Waals surface area contributed by atoms with Crippen LogP contribution in [0.15, 0.2) is 21.2 Å². The van der Waals surface area contributed by atoms with E-state index in [4.69, 9.17) is 9.15 Å². The molecule has 1 aliphatic rings. The summed E-state index contributed by atoms with van der Waals surface area (Å²) in [6.07, 6.45) is 0. The molecule has 94 valence electrons.